The summed E-state index contributed by atoms with van der Waals surface area (Å²) in [5, 5.41) is 6.27. The zero-order valence-corrected chi connectivity index (χ0v) is 26.1. The first kappa shape index (κ1) is 35.7. The quantitative estimate of drug-likeness (QED) is 0.145. The number of hydrogen-bond acceptors (Lipinski definition) is 20. The fourth-order valence-electron chi connectivity index (χ4n) is 3.49. The van der Waals surface area contributed by atoms with Crippen LogP contribution in [0.5, 0.6) is 0 Å². The van der Waals surface area contributed by atoms with E-state index in [1.807, 2.05) is 0 Å². The first-order valence-corrected chi connectivity index (χ1v) is 12.9. The maximum atomic E-state index is 5.30. The number of aromatic nitrogens is 6. The second-order valence-electron chi connectivity index (χ2n) is 8.55. The van der Waals surface area contributed by atoms with E-state index in [1.165, 1.54) is 0 Å². The van der Waals surface area contributed by atoms with Crippen LogP contribution in [0.3, 0.4) is 0 Å². The molecule has 0 saturated carbocycles. The Bertz CT molecular complexity index is 874. The maximum Gasteiger partial charge on any atom is 0.235 e. The predicted molar refractivity (Wildman–Crippen MR) is 157 cm³/mol. The average molecular weight is 617 g/mol. The number of ether oxygens (including phenoxy) is 8. The van der Waals surface area contributed by atoms with Gasteiger partial charge in [0.05, 0.1) is 6.67 Å². The Morgan fingerprint density at radius 1 is 0.372 bits per heavy atom. The van der Waals surface area contributed by atoms with Crippen LogP contribution in [-0.4, -0.2) is 147 Å². The third kappa shape index (κ3) is 11.6. The molecule has 2 aromatic heterocycles. The largest absolute Gasteiger partial charge is 0.364 e. The summed E-state index contributed by atoms with van der Waals surface area (Å²) in [6.45, 7) is 1.56. The monoisotopic (exact) mass is 616 g/mol. The summed E-state index contributed by atoms with van der Waals surface area (Å²) < 4.78 is 42.4. The van der Waals surface area contributed by atoms with Gasteiger partial charge in [-0.3, -0.25) is 19.6 Å². The van der Waals surface area contributed by atoms with Crippen molar-refractivity contribution in [2.75, 3.05) is 148 Å². The topological polar surface area (TPSA) is 188 Å². The lowest BCUT2D eigenvalue weighted by Gasteiger charge is -2.25. The van der Waals surface area contributed by atoms with Crippen LogP contribution >= 0.6 is 0 Å². The fraction of sp³-hybridized carbons (Fsp3) is 0.739. The van der Waals surface area contributed by atoms with Crippen molar-refractivity contribution in [3.05, 3.63) is 0 Å². The van der Waals surface area contributed by atoms with Crippen molar-refractivity contribution in [2.45, 2.75) is 0 Å². The van der Waals surface area contributed by atoms with Crippen LogP contribution < -0.4 is 30.2 Å². The van der Waals surface area contributed by atoms with E-state index in [9.17, 15) is 0 Å². The summed E-state index contributed by atoms with van der Waals surface area (Å²) >= 11 is 0. The molecule has 0 aromatic carbocycles. The number of anilines is 6. The first-order chi connectivity index (χ1) is 21.0. The Morgan fingerprint density at radius 3 is 0.767 bits per heavy atom. The van der Waals surface area contributed by atoms with Gasteiger partial charge >= 0.3 is 0 Å². The molecule has 20 nitrogen and oxygen atoms in total. The van der Waals surface area contributed by atoms with Gasteiger partial charge in [0.2, 0.25) is 35.7 Å². The van der Waals surface area contributed by atoms with Gasteiger partial charge in [0.15, 0.2) is 0 Å². The molecule has 0 aliphatic carbocycles. The van der Waals surface area contributed by atoms with Crippen molar-refractivity contribution in [1.82, 2.24) is 29.9 Å². The van der Waals surface area contributed by atoms with Crippen LogP contribution in [0.1, 0.15) is 0 Å². The fourth-order valence-corrected chi connectivity index (χ4v) is 3.49. The van der Waals surface area contributed by atoms with E-state index in [0.29, 0.717) is 23.8 Å². The van der Waals surface area contributed by atoms with Gasteiger partial charge in [-0.1, -0.05) is 0 Å². The molecule has 0 unspecified atom stereocenters. The summed E-state index contributed by atoms with van der Waals surface area (Å²) in [5.74, 6) is 1.73. The lowest BCUT2D eigenvalue weighted by molar-refractivity contribution is 0.136. The number of methoxy groups -OCH3 is 8. The summed E-state index contributed by atoms with van der Waals surface area (Å²) in [7, 11) is 12.5. The molecule has 0 spiro atoms. The molecule has 2 N–H and O–H groups in total. The highest BCUT2D eigenvalue weighted by atomic mass is 16.5. The summed E-state index contributed by atoms with van der Waals surface area (Å²) in [6.07, 6.45) is 0. The summed E-state index contributed by atoms with van der Waals surface area (Å²) in [5.41, 5.74) is 0. The lowest BCUT2D eigenvalue weighted by Crippen LogP contribution is -2.34. The molecule has 43 heavy (non-hydrogen) atoms. The van der Waals surface area contributed by atoms with Crippen molar-refractivity contribution in [1.29, 1.82) is 0 Å². The molecule has 2 aromatic rings. The molecule has 0 atom stereocenters. The summed E-state index contributed by atoms with van der Waals surface area (Å²) in [6, 6.07) is 0. The van der Waals surface area contributed by atoms with Crippen LogP contribution in [0.25, 0.3) is 0 Å². The minimum absolute atomic E-state index is 0.123. The van der Waals surface area contributed by atoms with Gasteiger partial charge < -0.3 is 48.5 Å². The van der Waals surface area contributed by atoms with Gasteiger partial charge in [0, 0.05) is 56.9 Å². The molecule has 0 aliphatic rings. The van der Waals surface area contributed by atoms with Crippen molar-refractivity contribution in [3.8, 4) is 0 Å². The first-order valence-electron chi connectivity index (χ1n) is 12.9. The van der Waals surface area contributed by atoms with E-state index < -0.39 is 0 Å². The van der Waals surface area contributed by atoms with E-state index in [0.717, 1.165) is 0 Å². The van der Waals surface area contributed by atoms with E-state index in [2.05, 4.69) is 40.5 Å². The molecule has 2 heterocycles. The van der Waals surface area contributed by atoms with Crippen LogP contribution in [0.2, 0.25) is 0 Å². The molecule has 20 heteroatoms. The third-order valence-electron chi connectivity index (χ3n) is 5.13. The minimum Gasteiger partial charge on any atom is -0.364 e. The van der Waals surface area contributed by atoms with Gasteiger partial charge in [-0.05, 0) is 0 Å². The SMILES string of the molecule is COCN(COC)c1nc(NCNc2nc(N(COC)COC)nc(N(COC)COC)n2)nc(N(COC)COC)n1. The van der Waals surface area contributed by atoms with E-state index in [-0.39, 0.29) is 72.4 Å². The standard InChI is InChI=1S/C23H44N12O8/c1-36-10-32(11-37-2)20-26-18(27-21(30-20)33(12-38-3)13-39-4)24-9-25-19-28-22(34(14-40-5)15-41-6)31-23(29-19)35(16-42-7)17-43-8/h9-17H2,1-8H3,(H,24,26,27,30)(H,25,28,29,31). The van der Waals surface area contributed by atoms with Crippen molar-refractivity contribution in [2.24, 2.45) is 0 Å². The minimum atomic E-state index is 0.123. The molecule has 0 amide bonds. The Labute approximate surface area is 251 Å². The zero-order chi connectivity index (χ0) is 31.5. The van der Waals surface area contributed by atoms with Gasteiger partial charge in [0.25, 0.3) is 0 Å². The molecule has 0 aliphatic heterocycles. The smallest absolute Gasteiger partial charge is 0.235 e. The highest BCUT2D eigenvalue weighted by Crippen LogP contribution is 2.19. The average Bonchev–Trinajstić information content (AvgIpc) is 3.00. The number of nitrogens with zero attached hydrogens (tertiary/aromatic N) is 10. The number of hydrogen-bond donors (Lipinski definition) is 2. The van der Waals surface area contributed by atoms with E-state index >= 15 is 0 Å². The Morgan fingerprint density at radius 2 is 0.581 bits per heavy atom. The van der Waals surface area contributed by atoms with Gasteiger partial charge in [-0.2, -0.15) is 29.9 Å². The molecule has 0 saturated heterocycles. The number of nitrogens with one attached hydrogen (secondary N) is 2. The van der Waals surface area contributed by atoms with Gasteiger partial charge in [0.1, 0.15) is 53.8 Å². The highest BCUT2D eigenvalue weighted by molar-refractivity contribution is 5.47. The van der Waals surface area contributed by atoms with Crippen molar-refractivity contribution >= 4 is 35.7 Å². The van der Waals surface area contributed by atoms with E-state index in [1.54, 1.807) is 76.5 Å². The Kier molecular flexibility index (Phi) is 16.9. The normalized spacial score (nSPS) is 11.0. The van der Waals surface area contributed by atoms with Crippen molar-refractivity contribution < 1.29 is 37.9 Å². The lowest BCUT2D eigenvalue weighted by atomic mass is 10.6. The molecular formula is C23H44N12O8. The second kappa shape index (κ2) is 20.4. The maximum absolute atomic E-state index is 5.30. The van der Waals surface area contributed by atoms with Gasteiger partial charge in [-0.25, -0.2) is 0 Å². The van der Waals surface area contributed by atoms with E-state index in [4.69, 9.17) is 37.9 Å². The van der Waals surface area contributed by atoms with Gasteiger partial charge in [-0.15, -0.1) is 0 Å². The van der Waals surface area contributed by atoms with Crippen LogP contribution in [0.15, 0.2) is 0 Å². The molecule has 0 fully saturated rings. The molecule has 0 radical (unpaired) electrons. The molecule has 244 valence electrons. The Balaban J connectivity index is 2.40. The highest BCUT2D eigenvalue weighted by Gasteiger charge is 2.20. The Hall–Kier alpha value is -3.50. The zero-order valence-electron chi connectivity index (χ0n) is 26.1. The second-order valence-corrected chi connectivity index (χ2v) is 8.55. The molecule has 2 rings (SSSR count). The van der Waals surface area contributed by atoms with Crippen molar-refractivity contribution in [3.63, 3.8) is 0 Å². The van der Waals surface area contributed by atoms with Crippen LogP contribution in [0, 0.1) is 0 Å². The predicted octanol–water partition coefficient (Wildman–Crippen LogP) is -0.405. The molecule has 0 bridgehead atoms. The number of rotatable bonds is 24. The van der Waals surface area contributed by atoms with Crippen LogP contribution in [0.4, 0.5) is 35.7 Å². The molecular weight excluding hydrogens is 572 g/mol. The summed E-state index contributed by atoms with van der Waals surface area (Å²) in [4.78, 5) is 34.0. The van der Waals surface area contributed by atoms with Crippen LogP contribution in [-0.2, 0) is 37.9 Å². The third-order valence-corrected chi connectivity index (χ3v) is 5.13.